The van der Waals surface area contributed by atoms with E-state index in [1.165, 1.54) is 13.2 Å². The molecule has 0 radical (unpaired) electrons. The molecule has 0 aromatic carbocycles. The van der Waals surface area contributed by atoms with E-state index in [-0.39, 0.29) is 10.8 Å². The highest BCUT2D eigenvalue weighted by atomic mass is 79.9. The first-order chi connectivity index (χ1) is 7.86. The van der Waals surface area contributed by atoms with Gasteiger partial charge in [0.15, 0.2) is 0 Å². The van der Waals surface area contributed by atoms with Crippen LogP contribution < -0.4 is 4.72 Å². The van der Waals surface area contributed by atoms with Gasteiger partial charge in [-0.15, -0.1) is 11.3 Å². The molecular formula is C8H10BrNO5S2. The quantitative estimate of drug-likeness (QED) is 0.800. The molecule has 1 aromatic rings. The Kier molecular flexibility index (Phi) is 5.07. The zero-order valence-corrected chi connectivity index (χ0v) is 11.9. The highest BCUT2D eigenvalue weighted by Crippen LogP contribution is 2.25. The van der Waals surface area contributed by atoms with Gasteiger partial charge in [0.25, 0.3) is 10.0 Å². The Hall–Kier alpha value is -0.480. The van der Waals surface area contributed by atoms with Crippen molar-refractivity contribution in [2.45, 2.75) is 10.3 Å². The number of rotatable bonds is 6. The van der Waals surface area contributed by atoms with Crippen LogP contribution in [0, 0.1) is 0 Å². The minimum Gasteiger partial charge on any atom is -0.480 e. The van der Waals surface area contributed by atoms with Crippen LogP contribution in [0.2, 0.25) is 0 Å². The lowest BCUT2D eigenvalue weighted by Gasteiger charge is -2.12. The van der Waals surface area contributed by atoms with Crippen molar-refractivity contribution in [3.8, 4) is 0 Å². The second-order valence-corrected chi connectivity index (χ2v) is 7.43. The van der Waals surface area contributed by atoms with E-state index in [0.717, 1.165) is 11.3 Å². The lowest BCUT2D eigenvalue weighted by molar-refractivity contribution is -0.140. The Balaban J connectivity index is 2.88. The zero-order valence-electron chi connectivity index (χ0n) is 8.71. The number of sulfonamides is 1. The Morgan fingerprint density at radius 3 is 2.71 bits per heavy atom. The smallest absolute Gasteiger partial charge is 0.324 e. The Morgan fingerprint density at radius 1 is 1.65 bits per heavy atom. The van der Waals surface area contributed by atoms with Crippen LogP contribution in [0.25, 0.3) is 0 Å². The molecular weight excluding hydrogens is 334 g/mol. The van der Waals surface area contributed by atoms with Crippen LogP contribution in [0.1, 0.15) is 0 Å². The number of carboxylic acid groups (broad SMARTS) is 1. The van der Waals surface area contributed by atoms with E-state index in [1.54, 1.807) is 6.07 Å². The largest absolute Gasteiger partial charge is 0.480 e. The lowest BCUT2D eigenvalue weighted by Crippen LogP contribution is -2.43. The minimum absolute atomic E-state index is 0.0479. The van der Waals surface area contributed by atoms with Gasteiger partial charge in [-0.1, -0.05) is 0 Å². The van der Waals surface area contributed by atoms with E-state index in [2.05, 4.69) is 25.4 Å². The zero-order chi connectivity index (χ0) is 13.1. The van der Waals surface area contributed by atoms with Crippen molar-refractivity contribution in [1.82, 2.24) is 4.72 Å². The normalized spacial score (nSPS) is 13.5. The van der Waals surface area contributed by atoms with Crippen molar-refractivity contribution in [2.24, 2.45) is 0 Å². The highest BCUT2D eigenvalue weighted by molar-refractivity contribution is 9.11. The highest BCUT2D eigenvalue weighted by Gasteiger charge is 2.26. The van der Waals surface area contributed by atoms with Crippen LogP contribution in [0.15, 0.2) is 20.1 Å². The van der Waals surface area contributed by atoms with Gasteiger partial charge in [0, 0.05) is 7.11 Å². The number of hydrogen-bond acceptors (Lipinski definition) is 5. The molecule has 0 saturated heterocycles. The molecule has 0 amide bonds. The van der Waals surface area contributed by atoms with Gasteiger partial charge in [0.05, 0.1) is 10.4 Å². The molecule has 0 spiro atoms. The molecule has 6 nitrogen and oxygen atoms in total. The number of halogens is 1. The molecule has 1 unspecified atom stereocenters. The van der Waals surface area contributed by atoms with Gasteiger partial charge in [0.1, 0.15) is 10.3 Å². The molecule has 1 atom stereocenters. The molecule has 0 fully saturated rings. The standard InChI is InChI=1S/C8H10BrNO5S2/c1-15-4-5(8(11)12)10-17(13,14)7-3-2-6(9)16-7/h2-3,5,10H,4H2,1H3,(H,11,12). The fraction of sp³-hybridized carbons (Fsp3) is 0.375. The number of aliphatic carboxylic acids is 1. The summed E-state index contributed by atoms with van der Waals surface area (Å²) in [7, 11) is -2.53. The van der Waals surface area contributed by atoms with E-state index in [4.69, 9.17) is 5.11 Å². The fourth-order valence-corrected chi connectivity index (χ4v) is 4.21. The first-order valence-corrected chi connectivity index (χ1v) is 7.45. The average molecular weight is 344 g/mol. The summed E-state index contributed by atoms with van der Waals surface area (Å²) in [6.07, 6.45) is 0. The summed E-state index contributed by atoms with van der Waals surface area (Å²) in [5, 5.41) is 8.81. The second-order valence-electron chi connectivity index (χ2n) is 3.03. The summed E-state index contributed by atoms with van der Waals surface area (Å²) in [5.74, 6) is -1.29. The molecule has 1 rings (SSSR count). The van der Waals surface area contributed by atoms with Gasteiger partial charge in [-0.05, 0) is 28.1 Å². The summed E-state index contributed by atoms with van der Waals surface area (Å²) in [6.45, 7) is -0.235. The second kappa shape index (κ2) is 5.91. The van der Waals surface area contributed by atoms with Gasteiger partial charge >= 0.3 is 5.97 Å². The van der Waals surface area contributed by atoms with Crippen LogP contribution in [-0.4, -0.2) is 39.3 Å². The monoisotopic (exact) mass is 343 g/mol. The third kappa shape index (κ3) is 4.03. The molecule has 1 aromatic heterocycles. The van der Waals surface area contributed by atoms with Gasteiger partial charge in [-0.3, -0.25) is 4.79 Å². The van der Waals surface area contributed by atoms with Crippen molar-refractivity contribution in [1.29, 1.82) is 0 Å². The first-order valence-electron chi connectivity index (χ1n) is 4.36. The average Bonchev–Trinajstić information content (AvgIpc) is 2.64. The number of carbonyl (C=O) groups is 1. The summed E-state index contributed by atoms with van der Waals surface area (Å²) < 4.78 is 31.0. The molecule has 0 aliphatic rings. The van der Waals surface area contributed by atoms with Crippen LogP contribution in [-0.2, 0) is 19.6 Å². The molecule has 0 aliphatic carbocycles. The minimum atomic E-state index is -3.83. The molecule has 9 heteroatoms. The van der Waals surface area contributed by atoms with E-state index in [0.29, 0.717) is 3.79 Å². The maximum atomic E-state index is 11.8. The predicted molar refractivity (Wildman–Crippen MR) is 65.6 cm³/mol. The van der Waals surface area contributed by atoms with Crippen molar-refractivity contribution < 1.29 is 23.1 Å². The van der Waals surface area contributed by atoms with E-state index in [1.807, 2.05) is 0 Å². The lowest BCUT2D eigenvalue weighted by atomic mass is 10.3. The summed E-state index contributed by atoms with van der Waals surface area (Å²) in [4.78, 5) is 10.8. The van der Waals surface area contributed by atoms with E-state index < -0.39 is 22.0 Å². The first kappa shape index (κ1) is 14.6. The van der Waals surface area contributed by atoms with E-state index in [9.17, 15) is 13.2 Å². The van der Waals surface area contributed by atoms with Crippen molar-refractivity contribution in [2.75, 3.05) is 13.7 Å². The maximum Gasteiger partial charge on any atom is 0.324 e. The van der Waals surface area contributed by atoms with Crippen LogP contribution >= 0.6 is 27.3 Å². The molecule has 2 N–H and O–H groups in total. The molecule has 1 heterocycles. The third-order valence-electron chi connectivity index (χ3n) is 1.74. The molecule has 96 valence electrons. The third-order valence-corrected chi connectivity index (χ3v) is 5.33. The van der Waals surface area contributed by atoms with Crippen LogP contribution in [0.3, 0.4) is 0 Å². The van der Waals surface area contributed by atoms with Gasteiger partial charge in [0.2, 0.25) is 0 Å². The molecule has 0 aliphatic heterocycles. The maximum absolute atomic E-state index is 11.8. The van der Waals surface area contributed by atoms with Crippen molar-refractivity contribution >= 4 is 43.3 Å². The van der Waals surface area contributed by atoms with Crippen LogP contribution in [0.4, 0.5) is 0 Å². The Labute approximate surface area is 111 Å². The SMILES string of the molecule is COCC(NS(=O)(=O)c1ccc(Br)s1)C(=O)O. The molecule has 0 bridgehead atoms. The number of hydrogen-bond donors (Lipinski definition) is 2. The number of nitrogens with one attached hydrogen (secondary N) is 1. The van der Waals surface area contributed by atoms with E-state index >= 15 is 0 Å². The topological polar surface area (TPSA) is 92.7 Å². The van der Waals surface area contributed by atoms with Crippen LogP contribution in [0.5, 0.6) is 0 Å². The number of thiophene rings is 1. The van der Waals surface area contributed by atoms with Gasteiger partial charge in [-0.2, -0.15) is 4.72 Å². The van der Waals surface area contributed by atoms with Crippen molar-refractivity contribution in [3.05, 3.63) is 15.9 Å². The summed E-state index contributed by atoms with van der Waals surface area (Å²) >= 11 is 4.13. The van der Waals surface area contributed by atoms with Gasteiger partial charge in [-0.25, -0.2) is 8.42 Å². The number of carboxylic acids is 1. The summed E-state index contributed by atoms with van der Waals surface area (Å²) in [6, 6.07) is 1.67. The molecule has 0 saturated carbocycles. The van der Waals surface area contributed by atoms with Gasteiger partial charge < -0.3 is 9.84 Å². The fourth-order valence-electron chi connectivity index (χ4n) is 1.01. The number of ether oxygens (including phenoxy) is 1. The Bertz CT molecular complexity index is 498. The number of methoxy groups -OCH3 is 1. The Morgan fingerprint density at radius 2 is 2.29 bits per heavy atom. The summed E-state index contributed by atoms with van der Waals surface area (Å²) in [5.41, 5.74) is 0. The predicted octanol–water partition coefficient (Wildman–Crippen LogP) is 0.889. The molecule has 17 heavy (non-hydrogen) atoms. The van der Waals surface area contributed by atoms with Crippen molar-refractivity contribution in [3.63, 3.8) is 0 Å².